The first-order valence-electron chi connectivity index (χ1n) is 10.5. The number of likely N-dealkylation sites (N-methyl/N-ethyl adjacent to an activating group) is 1. The summed E-state index contributed by atoms with van der Waals surface area (Å²) in [7, 11) is 1.81. The van der Waals surface area contributed by atoms with E-state index in [1.807, 2.05) is 48.4 Å². The normalized spacial score (nSPS) is 17.4. The molecule has 0 saturated carbocycles. The van der Waals surface area contributed by atoms with Crippen molar-refractivity contribution in [1.82, 2.24) is 19.7 Å². The van der Waals surface area contributed by atoms with Gasteiger partial charge in [0.1, 0.15) is 17.6 Å². The Hall–Kier alpha value is -3.73. The number of nitrogens with zero attached hydrogens (tertiary/aromatic N) is 7. The molecule has 2 aliphatic rings. The van der Waals surface area contributed by atoms with Crippen LogP contribution >= 0.6 is 0 Å². The molecular formula is C23H23N7O. The van der Waals surface area contributed by atoms with Crippen molar-refractivity contribution in [3.63, 3.8) is 0 Å². The van der Waals surface area contributed by atoms with Crippen LogP contribution in [0.25, 0.3) is 0 Å². The highest BCUT2D eigenvalue weighted by molar-refractivity contribution is 6.04. The summed E-state index contributed by atoms with van der Waals surface area (Å²) in [5.74, 6) is 1.80. The van der Waals surface area contributed by atoms with Crippen LogP contribution in [0, 0.1) is 11.3 Å². The molecule has 31 heavy (non-hydrogen) atoms. The molecule has 1 amide bonds. The van der Waals surface area contributed by atoms with E-state index < -0.39 is 0 Å². The molecule has 156 valence electrons. The Kier molecular flexibility index (Phi) is 4.86. The van der Waals surface area contributed by atoms with E-state index in [-0.39, 0.29) is 11.9 Å². The minimum atomic E-state index is -0.0827. The summed E-state index contributed by atoms with van der Waals surface area (Å²) >= 11 is 0. The van der Waals surface area contributed by atoms with Gasteiger partial charge < -0.3 is 9.80 Å². The van der Waals surface area contributed by atoms with Crippen molar-refractivity contribution in [1.29, 1.82) is 5.26 Å². The highest BCUT2D eigenvalue weighted by atomic mass is 16.2. The third-order valence-electron chi connectivity index (χ3n) is 6.05. The van der Waals surface area contributed by atoms with E-state index in [1.54, 1.807) is 11.1 Å². The molecule has 2 aliphatic heterocycles. The molecule has 1 atom stereocenters. The zero-order valence-electron chi connectivity index (χ0n) is 17.4. The SMILES string of the molecule is CN1C(=O)[C@@H]2CCCN2c2nc(CCc3cnn(Cc4ccc(C#N)cc4)c3)ncc21. The lowest BCUT2D eigenvalue weighted by atomic mass is 10.1. The molecule has 0 radical (unpaired) electrons. The number of nitriles is 1. The summed E-state index contributed by atoms with van der Waals surface area (Å²) in [5, 5.41) is 13.4. The Morgan fingerprint density at radius 2 is 2.00 bits per heavy atom. The van der Waals surface area contributed by atoms with Crippen LogP contribution in [-0.2, 0) is 24.2 Å². The molecule has 1 saturated heterocycles. The number of carbonyl (C=O) groups is 1. The van der Waals surface area contributed by atoms with E-state index in [4.69, 9.17) is 10.2 Å². The van der Waals surface area contributed by atoms with E-state index in [1.165, 1.54) is 0 Å². The highest BCUT2D eigenvalue weighted by Gasteiger charge is 2.40. The zero-order valence-corrected chi connectivity index (χ0v) is 17.4. The van der Waals surface area contributed by atoms with Crippen molar-refractivity contribution >= 4 is 17.4 Å². The second kappa shape index (κ2) is 7.84. The van der Waals surface area contributed by atoms with Crippen LogP contribution in [0.2, 0.25) is 0 Å². The number of anilines is 2. The van der Waals surface area contributed by atoms with Gasteiger partial charge in [0.15, 0.2) is 5.82 Å². The topological polar surface area (TPSA) is 90.9 Å². The van der Waals surface area contributed by atoms with Gasteiger partial charge in [0.2, 0.25) is 5.91 Å². The number of rotatable bonds is 5. The number of amides is 1. The van der Waals surface area contributed by atoms with Gasteiger partial charge >= 0.3 is 0 Å². The summed E-state index contributed by atoms with van der Waals surface area (Å²) < 4.78 is 1.90. The number of hydrogen-bond acceptors (Lipinski definition) is 6. The average molecular weight is 413 g/mol. The molecule has 8 nitrogen and oxygen atoms in total. The van der Waals surface area contributed by atoms with Gasteiger partial charge in [-0.2, -0.15) is 10.4 Å². The lowest BCUT2D eigenvalue weighted by Gasteiger charge is -2.36. The molecule has 1 fully saturated rings. The maximum Gasteiger partial charge on any atom is 0.249 e. The summed E-state index contributed by atoms with van der Waals surface area (Å²) in [6.07, 6.45) is 9.11. The Morgan fingerprint density at radius 3 is 2.81 bits per heavy atom. The van der Waals surface area contributed by atoms with Crippen LogP contribution in [0.4, 0.5) is 11.5 Å². The van der Waals surface area contributed by atoms with Crippen molar-refractivity contribution in [3.8, 4) is 6.07 Å². The van der Waals surface area contributed by atoms with Crippen molar-refractivity contribution in [3.05, 3.63) is 65.4 Å². The second-order valence-electron chi connectivity index (χ2n) is 8.10. The molecule has 0 N–H and O–H groups in total. The third kappa shape index (κ3) is 3.63. The predicted octanol–water partition coefficient (Wildman–Crippen LogP) is 2.32. The molecular weight excluding hydrogens is 390 g/mol. The fourth-order valence-electron chi connectivity index (χ4n) is 4.34. The van der Waals surface area contributed by atoms with Crippen LogP contribution in [0.15, 0.2) is 42.9 Å². The zero-order chi connectivity index (χ0) is 21.4. The van der Waals surface area contributed by atoms with Crippen molar-refractivity contribution in [2.45, 2.75) is 38.3 Å². The van der Waals surface area contributed by atoms with E-state index in [9.17, 15) is 4.79 Å². The van der Waals surface area contributed by atoms with Crippen molar-refractivity contribution in [2.75, 3.05) is 23.4 Å². The largest absolute Gasteiger partial charge is 0.343 e. The van der Waals surface area contributed by atoms with Gasteiger partial charge in [0.05, 0.1) is 30.6 Å². The molecule has 0 spiro atoms. The summed E-state index contributed by atoms with van der Waals surface area (Å²) in [4.78, 5) is 25.7. The fourth-order valence-corrected chi connectivity index (χ4v) is 4.34. The van der Waals surface area contributed by atoms with E-state index >= 15 is 0 Å². The number of fused-ring (bicyclic) bond motifs is 3. The molecule has 1 aromatic carbocycles. The van der Waals surface area contributed by atoms with Crippen LogP contribution < -0.4 is 9.80 Å². The highest BCUT2D eigenvalue weighted by Crippen LogP contribution is 2.37. The Labute approximate surface area is 180 Å². The van der Waals surface area contributed by atoms with Gasteiger partial charge in [-0.15, -0.1) is 0 Å². The molecule has 2 aromatic heterocycles. The second-order valence-corrected chi connectivity index (χ2v) is 8.10. The summed E-state index contributed by atoms with van der Waals surface area (Å²) in [6, 6.07) is 9.60. The molecule has 8 heteroatoms. The van der Waals surface area contributed by atoms with Crippen molar-refractivity contribution in [2.24, 2.45) is 0 Å². The number of aryl methyl sites for hydroxylation is 2. The Morgan fingerprint density at radius 1 is 1.16 bits per heavy atom. The summed E-state index contributed by atoms with van der Waals surface area (Å²) in [6.45, 7) is 1.54. The summed E-state index contributed by atoms with van der Waals surface area (Å²) in [5.41, 5.74) is 3.68. The van der Waals surface area contributed by atoms with Crippen LogP contribution in [-0.4, -0.2) is 45.3 Å². The predicted molar refractivity (Wildman–Crippen MR) is 116 cm³/mol. The minimum absolute atomic E-state index is 0.0827. The van der Waals surface area contributed by atoms with Gasteiger partial charge in [0, 0.05) is 26.2 Å². The maximum atomic E-state index is 12.5. The van der Waals surface area contributed by atoms with Gasteiger partial charge in [-0.25, -0.2) is 9.97 Å². The van der Waals surface area contributed by atoms with Gasteiger partial charge in [-0.1, -0.05) is 12.1 Å². The van der Waals surface area contributed by atoms with E-state index in [0.29, 0.717) is 18.5 Å². The Bertz CT molecular complexity index is 1160. The first-order valence-corrected chi connectivity index (χ1v) is 10.5. The smallest absolute Gasteiger partial charge is 0.249 e. The fraction of sp³-hybridized carbons (Fsp3) is 0.348. The van der Waals surface area contributed by atoms with Gasteiger partial charge in [-0.05, 0) is 42.5 Å². The third-order valence-corrected chi connectivity index (χ3v) is 6.05. The van der Waals surface area contributed by atoms with Crippen LogP contribution in [0.5, 0.6) is 0 Å². The number of benzene rings is 1. The molecule has 5 rings (SSSR count). The first-order chi connectivity index (χ1) is 15.1. The van der Waals surface area contributed by atoms with Gasteiger partial charge in [0.25, 0.3) is 0 Å². The Balaban J connectivity index is 1.26. The van der Waals surface area contributed by atoms with E-state index in [0.717, 1.165) is 54.3 Å². The molecule has 0 aliphatic carbocycles. The average Bonchev–Trinajstić information content (AvgIpc) is 3.46. The maximum absolute atomic E-state index is 12.5. The molecule has 4 heterocycles. The van der Waals surface area contributed by atoms with E-state index in [2.05, 4.69) is 21.1 Å². The lowest BCUT2D eigenvalue weighted by molar-refractivity contribution is -0.119. The first kappa shape index (κ1) is 19.2. The van der Waals surface area contributed by atoms with Gasteiger partial charge in [-0.3, -0.25) is 9.48 Å². The monoisotopic (exact) mass is 413 g/mol. The number of carbonyl (C=O) groups excluding carboxylic acids is 1. The van der Waals surface area contributed by atoms with Crippen molar-refractivity contribution < 1.29 is 4.79 Å². The lowest BCUT2D eigenvalue weighted by Crippen LogP contribution is -2.49. The standard InChI is InChI=1S/C23H23N7O/c1-28-20-13-25-21(27-22(20)30-10-2-3-19(30)23(28)31)9-8-18-12-26-29(15-18)14-17-6-4-16(11-24)5-7-17/h4-7,12-13,15,19H,2-3,8-10,14H2,1H3/t19-/m0/s1. The number of hydrogen-bond donors (Lipinski definition) is 0. The molecule has 0 bridgehead atoms. The molecule has 0 unspecified atom stereocenters. The quantitative estimate of drug-likeness (QED) is 0.638. The molecule has 3 aromatic rings. The number of aromatic nitrogens is 4. The minimum Gasteiger partial charge on any atom is -0.343 e. The van der Waals surface area contributed by atoms with Crippen LogP contribution in [0.3, 0.4) is 0 Å². The van der Waals surface area contributed by atoms with Crippen LogP contribution in [0.1, 0.15) is 35.4 Å².